The summed E-state index contributed by atoms with van der Waals surface area (Å²) in [6.07, 6.45) is 2.59. The van der Waals surface area contributed by atoms with Gasteiger partial charge in [-0.1, -0.05) is 12.1 Å². The van der Waals surface area contributed by atoms with Gasteiger partial charge in [-0.2, -0.15) is 0 Å². The van der Waals surface area contributed by atoms with Crippen molar-refractivity contribution in [2.24, 2.45) is 0 Å². The molecule has 0 aliphatic carbocycles. The third kappa shape index (κ3) is 3.96. The van der Waals surface area contributed by atoms with E-state index in [1.807, 2.05) is 24.3 Å². The second-order valence-corrected chi connectivity index (χ2v) is 4.98. The van der Waals surface area contributed by atoms with Gasteiger partial charge in [0.25, 0.3) is 0 Å². The lowest BCUT2D eigenvalue weighted by Crippen LogP contribution is -2.42. The average Bonchev–Trinajstić information content (AvgIpc) is 2.45. The predicted octanol–water partition coefficient (Wildman–Crippen LogP) is 1.61. The first kappa shape index (κ1) is 13.9. The molecule has 1 atom stereocenters. The highest BCUT2D eigenvalue weighted by Crippen LogP contribution is 2.15. The number of piperidine rings is 1. The minimum absolute atomic E-state index is 0.134. The lowest BCUT2D eigenvalue weighted by molar-refractivity contribution is -0.134. The third-order valence-corrected chi connectivity index (χ3v) is 3.54. The molecule has 1 saturated heterocycles. The van der Waals surface area contributed by atoms with E-state index in [9.17, 15) is 9.90 Å². The van der Waals surface area contributed by atoms with Gasteiger partial charge in [0.2, 0.25) is 5.91 Å². The number of amides is 1. The molecular weight excluding hydrogens is 242 g/mol. The van der Waals surface area contributed by atoms with E-state index in [0.717, 1.165) is 37.1 Å². The van der Waals surface area contributed by atoms with E-state index >= 15 is 0 Å². The zero-order valence-corrected chi connectivity index (χ0v) is 11.3. The predicted molar refractivity (Wildman–Crippen MR) is 73.1 cm³/mol. The highest BCUT2D eigenvalue weighted by Gasteiger charge is 2.21. The summed E-state index contributed by atoms with van der Waals surface area (Å²) in [7, 11) is 1.64. The molecule has 104 valence electrons. The number of likely N-dealkylation sites (tertiary alicyclic amines) is 1. The molecule has 0 radical (unpaired) electrons. The molecule has 0 aromatic heterocycles. The Morgan fingerprint density at radius 2 is 2.16 bits per heavy atom. The number of carbonyl (C=O) groups excluding carboxylic acids is 1. The van der Waals surface area contributed by atoms with Gasteiger partial charge < -0.3 is 14.7 Å². The number of methoxy groups -OCH3 is 1. The summed E-state index contributed by atoms with van der Waals surface area (Å²) in [5.41, 5.74) is 1.13. The fraction of sp³-hybridized carbons (Fsp3) is 0.533. The number of carbonyl (C=O) groups is 1. The summed E-state index contributed by atoms with van der Waals surface area (Å²) in [6, 6.07) is 7.78. The molecule has 1 N–H and O–H groups in total. The van der Waals surface area contributed by atoms with Crippen molar-refractivity contribution >= 4 is 5.91 Å². The first-order valence-electron chi connectivity index (χ1n) is 6.78. The fourth-order valence-corrected chi connectivity index (χ4v) is 2.38. The van der Waals surface area contributed by atoms with Crippen LogP contribution in [0.2, 0.25) is 0 Å². The Morgan fingerprint density at radius 1 is 1.42 bits per heavy atom. The zero-order valence-electron chi connectivity index (χ0n) is 11.3. The van der Waals surface area contributed by atoms with E-state index in [-0.39, 0.29) is 12.0 Å². The topological polar surface area (TPSA) is 49.8 Å². The summed E-state index contributed by atoms with van der Waals surface area (Å²) in [5.74, 6) is 0.962. The maximum absolute atomic E-state index is 12.0. The van der Waals surface area contributed by atoms with Crippen LogP contribution in [0.1, 0.15) is 24.8 Å². The molecule has 1 aliphatic rings. The number of benzene rings is 1. The maximum Gasteiger partial charge on any atom is 0.222 e. The van der Waals surface area contributed by atoms with Crippen molar-refractivity contribution in [2.45, 2.75) is 31.8 Å². The zero-order chi connectivity index (χ0) is 13.7. The van der Waals surface area contributed by atoms with Crippen molar-refractivity contribution in [3.05, 3.63) is 29.8 Å². The van der Waals surface area contributed by atoms with Crippen molar-refractivity contribution < 1.29 is 14.6 Å². The van der Waals surface area contributed by atoms with E-state index in [1.54, 1.807) is 12.0 Å². The summed E-state index contributed by atoms with van der Waals surface area (Å²) in [6.45, 7) is 1.26. The molecule has 0 bridgehead atoms. The Balaban J connectivity index is 1.82. The number of aliphatic hydroxyl groups is 1. The Labute approximate surface area is 114 Å². The highest BCUT2D eigenvalue weighted by molar-refractivity contribution is 5.76. The number of hydrogen-bond acceptors (Lipinski definition) is 3. The molecule has 1 unspecified atom stereocenters. The highest BCUT2D eigenvalue weighted by atomic mass is 16.5. The van der Waals surface area contributed by atoms with Crippen LogP contribution in [0.5, 0.6) is 5.75 Å². The molecule has 2 rings (SSSR count). The third-order valence-electron chi connectivity index (χ3n) is 3.54. The molecule has 1 aliphatic heterocycles. The standard InChI is InChI=1S/C15H21NO3/c1-19-14-7-4-12(5-8-14)6-9-15(18)16-10-2-3-13(17)11-16/h4-5,7-8,13,17H,2-3,6,9-11H2,1H3. The van der Waals surface area contributed by atoms with Crippen LogP contribution >= 0.6 is 0 Å². The van der Waals surface area contributed by atoms with Gasteiger partial charge in [0.05, 0.1) is 13.2 Å². The van der Waals surface area contributed by atoms with Gasteiger partial charge in [0.15, 0.2) is 0 Å². The molecule has 4 heteroatoms. The Bertz CT molecular complexity index is 416. The number of aryl methyl sites for hydroxylation is 1. The summed E-state index contributed by atoms with van der Waals surface area (Å²) in [5, 5.41) is 9.56. The second kappa shape index (κ2) is 6.57. The van der Waals surface area contributed by atoms with E-state index in [2.05, 4.69) is 0 Å². The molecule has 1 aromatic rings. The number of nitrogens with zero attached hydrogens (tertiary/aromatic N) is 1. The summed E-state index contributed by atoms with van der Waals surface area (Å²) in [4.78, 5) is 13.8. The van der Waals surface area contributed by atoms with Crippen molar-refractivity contribution in [3.63, 3.8) is 0 Å². The molecule has 19 heavy (non-hydrogen) atoms. The maximum atomic E-state index is 12.0. The molecule has 1 aromatic carbocycles. The quantitative estimate of drug-likeness (QED) is 0.898. The molecular formula is C15H21NO3. The van der Waals surface area contributed by atoms with Gasteiger partial charge in [-0.25, -0.2) is 0 Å². The average molecular weight is 263 g/mol. The first-order chi connectivity index (χ1) is 9.19. The van der Waals surface area contributed by atoms with Gasteiger partial charge >= 0.3 is 0 Å². The van der Waals surface area contributed by atoms with Crippen LogP contribution in [-0.4, -0.2) is 42.2 Å². The second-order valence-electron chi connectivity index (χ2n) is 4.98. The van der Waals surface area contributed by atoms with E-state index in [4.69, 9.17) is 4.74 Å². The van der Waals surface area contributed by atoms with Crippen LogP contribution < -0.4 is 4.74 Å². The molecule has 4 nitrogen and oxygen atoms in total. The van der Waals surface area contributed by atoms with Crippen LogP contribution in [0, 0.1) is 0 Å². The number of hydrogen-bond donors (Lipinski definition) is 1. The first-order valence-corrected chi connectivity index (χ1v) is 6.78. The lowest BCUT2D eigenvalue weighted by atomic mass is 10.1. The molecule has 1 amide bonds. The van der Waals surface area contributed by atoms with Crippen molar-refractivity contribution in [1.29, 1.82) is 0 Å². The number of ether oxygens (including phenoxy) is 1. The SMILES string of the molecule is COc1ccc(CCC(=O)N2CCCC(O)C2)cc1. The van der Waals surface area contributed by atoms with Crippen molar-refractivity contribution in [3.8, 4) is 5.75 Å². The van der Waals surface area contributed by atoms with Gasteiger partial charge in [-0.15, -0.1) is 0 Å². The van der Waals surface area contributed by atoms with Crippen LogP contribution in [0.4, 0.5) is 0 Å². The van der Waals surface area contributed by atoms with E-state index in [1.165, 1.54) is 0 Å². The van der Waals surface area contributed by atoms with Crippen LogP contribution in [0.3, 0.4) is 0 Å². The van der Waals surface area contributed by atoms with Crippen molar-refractivity contribution in [1.82, 2.24) is 4.90 Å². The van der Waals surface area contributed by atoms with Gasteiger partial charge in [0.1, 0.15) is 5.75 Å². The summed E-state index contributed by atoms with van der Waals surface area (Å²) >= 11 is 0. The Morgan fingerprint density at radius 3 is 2.79 bits per heavy atom. The fourth-order valence-electron chi connectivity index (χ4n) is 2.38. The lowest BCUT2D eigenvalue weighted by Gasteiger charge is -2.30. The Hall–Kier alpha value is -1.55. The van der Waals surface area contributed by atoms with Crippen molar-refractivity contribution in [2.75, 3.05) is 20.2 Å². The number of aliphatic hydroxyl groups excluding tert-OH is 1. The van der Waals surface area contributed by atoms with Gasteiger partial charge in [-0.3, -0.25) is 4.79 Å². The van der Waals surface area contributed by atoms with E-state index in [0.29, 0.717) is 13.0 Å². The van der Waals surface area contributed by atoms with Crippen LogP contribution in [0.15, 0.2) is 24.3 Å². The van der Waals surface area contributed by atoms with Crippen LogP contribution in [-0.2, 0) is 11.2 Å². The summed E-state index contributed by atoms with van der Waals surface area (Å²) < 4.78 is 5.10. The molecule has 1 fully saturated rings. The van der Waals surface area contributed by atoms with E-state index < -0.39 is 0 Å². The van der Waals surface area contributed by atoms with Gasteiger partial charge in [-0.05, 0) is 37.0 Å². The molecule has 0 saturated carbocycles. The number of rotatable bonds is 4. The largest absolute Gasteiger partial charge is 0.497 e. The number of β-amino-alcohol motifs (C(OH)–C–C–N with tert-alkyl or cyclic N) is 1. The normalized spacial score (nSPS) is 19.3. The van der Waals surface area contributed by atoms with Gasteiger partial charge in [0, 0.05) is 19.5 Å². The monoisotopic (exact) mass is 263 g/mol. The Kier molecular flexibility index (Phi) is 4.80. The smallest absolute Gasteiger partial charge is 0.222 e. The van der Waals surface area contributed by atoms with Crippen LogP contribution in [0.25, 0.3) is 0 Å². The molecule has 1 heterocycles. The minimum atomic E-state index is -0.348. The minimum Gasteiger partial charge on any atom is -0.497 e. The molecule has 0 spiro atoms.